The summed E-state index contributed by atoms with van der Waals surface area (Å²) in [6.45, 7) is 5.20. The molecule has 87 valence electrons. The van der Waals surface area contributed by atoms with Gasteiger partial charge in [-0.2, -0.15) is 0 Å². The van der Waals surface area contributed by atoms with Gasteiger partial charge in [-0.3, -0.25) is 0 Å². The van der Waals surface area contributed by atoms with Crippen LogP contribution in [0.5, 0.6) is 0 Å². The van der Waals surface area contributed by atoms with Crippen LogP contribution in [0.15, 0.2) is 24.3 Å². The van der Waals surface area contributed by atoms with Gasteiger partial charge in [-0.15, -0.1) is 0 Å². The Morgan fingerprint density at radius 2 is 2.00 bits per heavy atom. The standard InChI is InChI=1S/C14H21OSi/c1-3-5-8-13-9-6-7-10-14(13)12(4-2)11-15-16/h6-7,9-10,12H,3-5,8,11H2,1-2H3. The van der Waals surface area contributed by atoms with E-state index >= 15 is 0 Å². The third kappa shape index (κ3) is 3.76. The van der Waals surface area contributed by atoms with Crippen LogP contribution in [-0.4, -0.2) is 17.1 Å². The summed E-state index contributed by atoms with van der Waals surface area (Å²) < 4.78 is 5.11. The van der Waals surface area contributed by atoms with Crippen LogP contribution in [0.3, 0.4) is 0 Å². The molecule has 0 aromatic heterocycles. The first-order valence-electron chi connectivity index (χ1n) is 6.19. The van der Waals surface area contributed by atoms with Gasteiger partial charge in [-0.05, 0) is 30.4 Å². The van der Waals surface area contributed by atoms with E-state index in [1.54, 1.807) is 0 Å². The molecule has 0 bridgehead atoms. The van der Waals surface area contributed by atoms with Crippen molar-refractivity contribution in [1.29, 1.82) is 0 Å². The van der Waals surface area contributed by atoms with Crippen molar-refractivity contribution >= 4 is 10.5 Å². The van der Waals surface area contributed by atoms with Gasteiger partial charge in [-0.1, -0.05) is 44.5 Å². The Bertz CT molecular complexity index is 299. The molecule has 3 radical (unpaired) electrons. The highest BCUT2D eigenvalue weighted by Crippen LogP contribution is 2.24. The van der Waals surface area contributed by atoms with Crippen LogP contribution in [0.1, 0.15) is 50.2 Å². The molecule has 0 N–H and O–H groups in total. The van der Waals surface area contributed by atoms with Crippen LogP contribution in [0.4, 0.5) is 0 Å². The number of hydrogen-bond donors (Lipinski definition) is 0. The van der Waals surface area contributed by atoms with Crippen LogP contribution in [0, 0.1) is 0 Å². The molecule has 1 aromatic carbocycles. The van der Waals surface area contributed by atoms with Gasteiger partial charge >= 0.3 is 0 Å². The number of rotatable bonds is 7. The van der Waals surface area contributed by atoms with E-state index in [0.717, 1.165) is 13.0 Å². The van der Waals surface area contributed by atoms with Gasteiger partial charge in [0.2, 0.25) is 10.5 Å². The summed E-state index contributed by atoms with van der Waals surface area (Å²) in [6, 6.07) is 8.75. The SMILES string of the molecule is CCCCc1ccccc1C(CC)CO[Si]. The summed E-state index contributed by atoms with van der Waals surface area (Å²) in [5, 5.41) is 0. The predicted octanol–water partition coefficient (Wildman–Crippen LogP) is 3.62. The maximum absolute atomic E-state index is 5.11. The average Bonchev–Trinajstić information content (AvgIpc) is 2.34. The third-order valence-corrected chi connectivity index (χ3v) is 3.24. The van der Waals surface area contributed by atoms with E-state index in [-0.39, 0.29) is 0 Å². The van der Waals surface area contributed by atoms with Gasteiger partial charge in [0.1, 0.15) is 0 Å². The molecule has 1 nitrogen and oxygen atoms in total. The van der Waals surface area contributed by atoms with Crippen molar-refractivity contribution in [2.75, 3.05) is 6.61 Å². The molecule has 0 fully saturated rings. The number of unbranched alkanes of at least 4 members (excludes halogenated alkanes) is 1. The molecule has 0 amide bonds. The van der Waals surface area contributed by atoms with Crippen molar-refractivity contribution in [3.8, 4) is 0 Å². The molecule has 1 unspecified atom stereocenters. The summed E-state index contributed by atoms with van der Waals surface area (Å²) in [5.41, 5.74) is 2.94. The highest BCUT2D eigenvalue weighted by Gasteiger charge is 2.12. The minimum atomic E-state index is 0.505. The first-order chi connectivity index (χ1) is 7.83. The summed E-state index contributed by atoms with van der Waals surface area (Å²) >= 11 is 0. The molecule has 0 aliphatic heterocycles. The van der Waals surface area contributed by atoms with Crippen molar-refractivity contribution in [3.05, 3.63) is 35.4 Å². The van der Waals surface area contributed by atoms with E-state index in [0.29, 0.717) is 5.92 Å². The number of aryl methyl sites for hydroxylation is 1. The summed E-state index contributed by atoms with van der Waals surface area (Å²) in [6.07, 6.45) is 4.82. The monoisotopic (exact) mass is 233 g/mol. The molecule has 1 atom stereocenters. The van der Waals surface area contributed by atoms with Crippen molar-refractivity contribution in [1.82, 2.24) is 0 Å². The molecule has 0 heterocycles. The molecule has 0 saturated heterocycles. The van der Waals surface area contributed by atoms with Crippen LogP contribution in [0.25, 0.3) is 0 Å². The molecular weight excluding hydrogens is 212 g/mol. The van der Waals surface area contributed by atoms with E-state index in [1.165, 1.54) is 30.4 Å². The van der Waals surface area contributed by atoms with Crippen molar-refractivity contribution in [2.24, 2.45) is 0 Å². The Hall–Kier alpha value is -0.603. The van der Waals surface area contributed by atoms with Gasteiger partial charge in [0, 0.05) is 12.5 Å². The van der Waals surface area contributed by atoms with Crippen molar-refractivity contribution < 1.29 is 4.43 Å². The fourth-order valence-corrected chi connectivity index (χ4v) is 2.26. The Morgan fingerprint density at radius 1 is 1.25 bits per heavy atom. The van der Waals surface area contributed by atoms with Crippen LogP contribution in [0.2, 0.25) is 0 Å². The van der Waals surface area contributed by atoms with Crippen LogP contribution < -0.4 is 0 Å². The summed E-state index contributed by atoms with van der Waals surface area (Å²) in [5.74, 6) is 0.505. The topological polar surface area (TPSA) is 9.23 Å². The largest absolute Gasteiger partial charge is 0.418 e. The maximum Gasteiger partial charge on any atom is 0.246 e. The maximum atomic E-state index is 5.11. The quantitative estimate of drug-likeness (QED) is 0.654. The Balaban J connectivity index is 2.82. The fraction of sp³-hybridized carbons (Fsp3) is 0.571. The Labute approximate surface area is 103 Å². The van der Waals surface area contributed by atoms with Gasteiger partial charge in [0.25, 0.3) is 0 Å². The van der Waals surface area contributed by atoms with Gasteiger partial charge < -0.3 is 4.43 Å². The second-order valence-electron chi connectivity index (χ2n) is 4.22. The lowest BCUT2D eigenvalue weighted by atomic mass is 9.90. The fourth-order valence-electron chi connectivity index (χ4n) is 2.06. The molecule has 0 spiro atoms. The zero-order valence-corrected chi connectivity index (χ0v) is 11.3. The first kappa shape index (κ1) is 13.5. The second-order valence-corrected chi connectivity index (χ2v) is 4.51. The highest BCUT2D eigenvalue weighted by molar-refractivity contribution is 5.97. The Kier molecular flexibility index (Phi) is 6.42. The lowest BCUT2D eigenvalue weighted by Gasteiger charge is -2.18. The molecule has 0 saturated carbocycles. The molecule has 16 heavy (non-hydrogen) atoms. The van der Waals surface area contributed by atoms with Gasteiger partial charge in [0.05, 0.1) is 0 Å². The average molecular weight is 233 g/mol. The third-order valence-electron chi connectivity index (χ3n) is 3.07. The summed E-state index contributed by atoms with van der Waals surface area (Å²) in [4.78, 5) is 0. The van der Waals surface area contributed by atoms with Gasteiger partial charge in [-0.25, -0.2) is 0 Å². The predicted molar refractivity (Wildman–Crippen MR) is 69.8 cm³/mol. The molecule has 1 rings (SSSR count). The second kappa shape index (κ2) is 7.63. The van der Waals surface area contributed by atoms with E-state index < -0.39 is 0 Å². The van der Waals surface area contributed by atoms with Crippen LogP contribution in [-0.2, 0) is 10.8 Å². The molecular formula is C14H21OSi. The van der Waals surface area contributed by atoms with E-state index in [1.807, 2.05) is 0 Å². The lowest BCUT2D eigenvalue weighted by Crippen LogP contribution is -2.08. The smallest absolute Gasteiger partial charge is 0.246 e. The van der Waals surface area contributed by atoms with E-state index in [4.69, 9.17) is 4.43 Å². The minimum absolute atomic E-state index is 0.505. The lowest BCUT2D eigenvalue weighted by molar-refractivity contribution is 0.310. The van der Waals surface area contributed by atoms with E-state index in [9.17, 15) is 0 Å². The molecule has 2 heteroatoms. The number of benzene rings is 1. The zero-order chi connectivity index (χ0) is 11.8. The Morgan fingerprint density at radius 3 is 2.62 bits per heavy atom. The first-order valence-corrected chi connectivity index (χ1v) is 6.60. The molecule has 1 aromatic rings. The minimum Gasteiger partial charge on any atom is -0.418 e. The molecule has 0 aliphatic carbocycles. The number of hydrogen-bond acceptors (Lipinski definition) is 1. The van der Waals surface area contributed by atoms with Crippen molar-refractivity contribution in [2.45, 2.75) is 45.4 Å². The normalized spacial score (nSPS) is 12.7. The highest BCUT2D eigenvalue weighted by atomic mass is 28.2. The van der Waals surface area contributed by atoms with Crippen LogP contribution >= 0.6 is 0 Å². The van der Waals surface area contributed by atoms with Crippen molar-refractivity contribution in [3.63, 3.8) is 0 Å². The summed E-state index contributed by atoms with van der Waals surface area (Å²) in [7, 11) is 3.11. The zero-order valence-electron chi connectivity index (χ0n) is 10.3. The van der Waals surface area contributed by atoms with Gasteiger partial charge in [0.15, 0.2) is 0 Å². The molecule has 0 aliphatic rings. The van der Waals surface area contributed by atoms with E-state index in [2.05, 4.69) is 48.6 Å².